The van der Waals surface area contributed by atoms with Gasteiger partial charge in [-0.15, -0.1) is 0 Å². The van der Waals surface area contributed by atoms with Gasteiger partial charge in [-0.3, -0.25) is 10.1 Å². The molecule has 0 aliphatic rings. The summed E-state index contributed by atoms with van der Waals surface area (Å²) in [5.41, 5.74) is 5.30. The average Bonchev–Trinajstić information content (AvgIpc) is 2.42. The maximum absolute atomic E-state index is 10.7. The molecule has 0 aliphatic carbocycles. The maximum Gasteiger partial charge on any atom is 0.288 e. The third-order valence-corrected chi connectivity index (χ3v) is 2.42. The molecule has 1 aromatic heterocycles. The number of pyridine rings is 1. The molecule has 1 heterocycles. The molecule has 0 unspecified atom stereocenters. The number of aromatic nitrogens is 1. The molecule has 0 fully saturated rings. The van der Waals surface area contributed by atoms with E-state index in [0.717, 1.165) is 25.2 Å². The SMILES string of the molecule is CN(C)CCCOc1ncc([N+](=O)[O-])cc1C(N)=NO. The number of hydrogen-bond donors (Lipinski definition) is 2. The Kier molecular flexibility index (Phi) is 5.66. The van der Waals surface area contributed by atoms with Gasteiger partial charge in [0, 0.05) is 12.6 Å². The molecule has 3 N–H and O–H groups in total. The van der Waals surface area contributed by atoms with E-state index in [2.05, 4.69) is 10.1 Å². The van der Waals surface area contributed by atoms with Crippen molar-refractivity contribution >= 4 is 11.5 Å². The molecule has 0 spiro atoms. The van der Waals surface area contributed by atoms with Crippen molar-refractivity contribution in [2.45, 2.75) is 6.42 Å². The minimum atomic E-state index is -0.614. The third-order valence-electron chi connectivity index (χ3n) is 2.42. The van der Waals surface area contributed by atoms with Crippen LogP contribution >= 0.6 is 0 Å². The van der Waals surface area contributed by atoms with Gasteiger partial charge in [-0.25, -0.2) is 4.98 Å². The van der Waals surface area contributed by atoms with Crippen LogP contribution in [0.25, 0.3) is 0 Å². The Morgan fingerprint density at radius 2 is 2.35 bits per heavy atom. The minimum absolute atomic E-state index is 0.0894. The fourth-order valence-corrected chi connectivity index (χ4v) is 1.44. The van der Waals surface area contributed by atoms with Crippen LogP contribution in [-0.2, 0) is 0 Å². The molecule has 9 heteroatoms. The summed E-state index contributed by atoms with van der Waals surface area (Å²) in [4.78, 5) is 15.9. The van der Waals surface area contributed by atoms with Crippen LogP contribution in [0.4, 0.5) is 5.69 Å². The first kappa shape index (κ1) is 15.6. The molecule has 0 saturated heterocycles. The third kappa shape index (κ3) is 4.35. The van der Waals surface area contributed by atoms with Gasteiger partial charge in [0.05, 0.1) is 17.1 Å². The minimum Gasteiger partial charge on any atom is -0.477 e. The summed E-state index contributed by atoms with van der Waals surface area (Å²) < 4.78 is 5.41. The van der Waals surface area contributed by atoms with Gasteiger partial charge in [0.2, 0.25) is 5.88 Å². The highest BCUT2D eigenvalue weighted by molar-refractivity contribution is 5.99. The average molecular weight is 283 g/mol. The lowest BCUT2D eigenvalue weighted by atomic mass is 10.2. The van der Waals surface area contributed by atoms with Crippen LogP contribution < -0.4 is 10.5 Å². The number of hydrogen-bond acceptors (Lipinski definition) is 7. The van der Waals surface area contributed by atoms with Crippen molar-refractivity contribution in [1.82, 2.24) is 9.88 Å². The van der Waals surface area contributed by atoms with Crippen LogP contribution in [0, 0.1) is 10.1 Å². The molecule has 0 amide bonds. The first-order chi connectivity index (χ1) is 9.45. The number of nitrogens with zero attached hydrogens (tertiary/aromatic N) is 4. The van der Waals surface area contributed by atoms with Crippen molar-refractivity contribution in [3.05, 3.63) is 27.9 Å². The van der Waals surface area contributed by atoms with Gasteiger partial charge >= 0.3 is 0 Å². The molecule has 1 aromatic rings. The molecular formula is C11H17N5O4. The summed E-state index contributed by atoms with van der Waals surface area (Å²) in [5, 5.41) is 22.2. The molecule has 1 rings (SSSR count). The molecule has 0 atom stereocenters. The van der Waals surface area contributed by atoms with E-state index < -0.39 is 4.92 Å². The van der Waals surface area contributed by atoms with Gasteiger partial charge in [0.1, 0.15) is 6.20 Å². The Balaban J connectivity index is 2.86. The monoisotopic (exact) mass is 283 g/mol. The number of amidine groups is 1. The van der Waals surface area contributed by atoms with Crippen molar-refractivity contribution < 1.29 is 14.9 Å². The highest BCUT2D eigenvalue weighted by atomic mass is 16.6. The number of nitrogens with two attached hydrogens (primary N) is 1. The maximum atomic E-state index is 10.7. The number of rotatable bonds is 7. The summed E-state index contributed by atoms with van der Waals surface area (Å²) >= 11 is 0. The predicted octanol–water partition coefficient (Wildman–Crippen LogP) is 0.415. The van der Waals surface area contributed by atoms with E-state index >= 15 is 0 Å². The van der Waals surface area contributed by atoms with Crippen LogP contribution in [0.3, 0.4) is 0 Å². The number of oxime groups is 1. The molecule has 110 valence electrons. The smallest absolute Gasteiger partial charge is 0.288 e. The van der Waals surface area contributed by atoms with E-state index in [1.54, 1.807) is 0 Å². The first-order valence-electron chi connectivity index (χ1n) is 5.85. The molecular weight excluding hydrogens is 266 g/mol. The normalized spacial score (nSPS) is 11.7. The Labute approximate surface area is 115 Å². The quantitative estimate of drug-likeness (QED) is 0.185. The zero-order valence-corrected chi connectivity index (χ0v) is 11.3. The van der Waals surface area contributed by atoms with Gasteiger partial charge in [-0.2, -0.15) is 0 Å². The van der Waals surface area contributed by atoms with Gasteiger partial charge < -0.3 is 20.6 Å². The second kappa shape index (κ2) is 7.24. The van der Waals surface area contributed by atoms with Crippen LogP contribution in [0.1, 0.15) is 12.0 Å². The van der Waals surface area contributed by atoms with E-state index in [0.29, 0.717) is 6.61 Å². The first-order valence-corrected chi connectivity index (χ1v) is 5.85. The van der Waals surface area contributed by atoms with Crippen LogP contribution in [0.2, 0.25) is 0 Å². The van der Waals surface area contributed by atoms with Gasteiger partial charge in [-0.1, -0.05) is 5.16 Å². The topological polar surface area (TPSA) is 127 Å². The van der Waals surface area contributed by atoms with E-state index in [1.165, 1.54) is 0 Å². The lowest BCUT2D eigenvalue weighted by Gasteiger charge is -2.11. The van der Waals surface area contributed by atoms with E-state index in [9.17, 15) is 10.1 Å². The zero-order valence-electron chi connectivity index (χ0n) is 11.3. The predicted molar refractivity (Wildman–Crippen MR) is 72.1 cm³/mol. The Morgan fingerprint density at radius 1 is 1.65 bits per heavy atom. The van der Waals surface area contributed by atoms with Crippen LogP contribution in [0.15, 0.2) is 17.4 Å². The molecule has 0 aromatic carbocycles. The van der Waals surface area contributed by atoms with Crippen LogP contribution in [0.5, 0.6) is 5.88 Å². The summed E-state index contributed by atoms with van der Waals surface area (Å²) in [6.07, 6.45) is 1.82. The fourth-order valence-electron chi connectivity index (χ4n) is 1.44. The molecule has 0 radical (unpaired) electrons. The van der Waals surface area contributed by atoms with Crippen molar-refractivity contribution in [3.63, 3.8) is 0 Å². The van der Waals surface area contributed by atoms with Gasteiger partial charge in [0.15, 0.2) is 5.84 Å². The summed E-state index contributed by atoms with van der Waals surface area (Å²) in [6.45, 7) is 1.20. The largest absolute Gasteiger partial charge is 0.477 e. The van der Waals surface area contributed by atoms with E-state index in [4.69, 9.17) is 15.7 Å². The molecule has 9 nitrogen and oxygen atoms in total. The number of ether oxygens (including phenoxy) is 1. The highest BCUT2D eigenvalue weighted by Crippen LogP contribution is 2.21. The molecule has 20 heavy (non-hydrogen) atoms. The van der Waals surface area contributed by atoms with Crippen molar-refractivity contribution in [2.24, 2.45) is 10.9 Å². The second-order valence-corrected chi connectivity index (χ2v) is 4.29. The van der Waals surface area contributed by atoms with E-state index in [1.807, 2.05) is 19.0 Å². The lowest BCUT2D eigenvalue weighted by Crippen LogP contribution is -2.18. The van der Waals surface area contributed by atoms with Crippen LogP contribution in [-0.4, -0.2) is 53.1 Å². The molecule has 0 bridgehead atoms. The van der Waals surface area contributed by atoms with E-state index in [-0.39, 0.29) is 23.0 Å². The number of nitro groups is 1. The summed E-state index contributed by atoms with van der Waals surface area (Å²) in [7, 11) is 3.87. The van der Waals surface area contributed by atoms with Gasteiger partial charge in [-0.05, 0) is 20.5 Å². The highest BCUT2D eigenvalue weighted by Gasteiger charge is 2.16. The Bertz CT molecular complexity index is 504. The lowest BCUT2D eigenvalue weighted by molar-refractivity contribution is -0.385. The second-order valence-electron chi connectivity index (χ2n) is 4.29. The fraction of sp³-hybridized carbons (Fsp3) is 0.455. The van der Waals surface area contributed by atoms with Gasteiger partial charge in [0.25, 0.3) is 5.69 Å². The van der Waals surface area contributed by atoms with Crippen molar-refractivity contribution in [2.75, 3.05) is 27.2 Å². The Hall–Kier alpha value is -2.42. The summed E-state index contributed by atoms with van der Waals surface area (Å²) in [6, 6.07) is 1.16. The molecule has 0 aliphatic heterocycles. The zero-order chi connectivity index (χ0) is 15.1. The summed E-state index contributed by atoms with van der Waals surface area (Å²) in [5.74, 6) is -0.187. The Morgan fingerprint density at radius 3 is 2.90 bits per heavy atom. The van der Waals surface area contributed by atoms with Crippen molar-refractivity contribution in [1.29, 1.82) is 0 Å². The standard InChI is InChI=1S/C11H17N5O4/c1-15(2)4-3-5-20-11-9(10(12)14-17)6-8(7-13-11)16(18)19/h6-7,17H,3-5H2,1-2H3,(H2,12,14). The molecule has 0 saturated carbocycles. The van der Waals surface area contributed by atoms with Crippen molar-refractivity contribution in [3.8, 4) is 5.88 Å².